The summed E-state index contributed by atoms with van der Waals surface area (Å²) in [7, 11) is 0. The summed E-state index contributed by atoms with van der Waals surface area (Å²) in [5, 5.41) is 8.46. The third-order valence-electron chi connectivity index (χ3n) is 5.68. The van der Waals surface area contributed by atoms with Crippen LogP contribution < -0.4 is 16.0 Å². The van der Waals surface area contributed by atoms with Crippen LogP contribution in [0.4, 0.5) is 10.5 Å². The maximum atomic E-state index is 12.4. The second kappa shape index (κ2) is 10.3. The van der Waals surface area contributed by atoms with Gasteiger partial charge in [0.25, 0.3) is 0 Å². The second-order valence-corrected chi connectivity index (χ2v) is 8.14. The minimum absolute atomic E-state index is 0.161. The largest absolute Gasteiger partial charge is 0.374 e. The first-order chi connectivity index (χ1) is 14.0. The molecule has 7 nitrogen and oxygen atoms in total. The predicted molar refractivity (Wildman–Crippen MR) is 112 cm³/mol. The number of hydrogen-bond donors (Lipinski definition) is 3. The molecule has 0 radical (unpaired) electrons. The lowest BCUT2D eigenvalue weighted by Crippen LogP contribution is -2.49. The molecule has 1 aliphatic carbocycles. The summed E-state index contributed by atoms with van der Waals surface area (Å²) in [5.74, 6) is -0.166. The smallest absolute Gasteiger partial charge is 0.321 e. The van der Waals surface area contributed by atoms with Gasteiger partial charge in [0.15, 0.2) is 0 Å². The van der Waals surface area contributed by atoms with Gasteiger partial charge in [-0.1, -0.05) is 31.4 Å². The monoisotopic (exact) mass is 400 g/mol. The summed E-state index contributed by atoms with van der Waals surface area (Å²) in [4.78, 5) is 38.3. The fourth-order valence-electron chi connectivity index (χ4n) is 4.01. The summed E-state index contributed by atoms with van der Waals surface area (Å²) in [5.41, 5.74) is 1.81. The zero-order valence-electron chi connectivity index (χ0n) is 17.2. The van der Waals surface area contributed by atoms with Crippen molar-refractivity contribution in [2.24, 2.45) is 0 Å². The van der Waals surface area contributed by atoms with Crippen LogP contribution in [0.1, 0.15) is 63.9 Å². The Labute approximate surface area is 172 Å². The maximum absolute atomic E-state index is 12.4. The van der Waals surface area contributed by atoms with E-state index >= 15 is 0 Å². The van der Waals surface area contributed by atoms with E-state index in [0.29, 0.717) is 13.0 Å². The highest BCUT2D eigenvalue weighted by Gasteiger charge is 2.20. The van der Waals surface area contributed by atoms with Crippen molar-refractivity contribution in [2.75, 3.05) is 11.9 Å². The zero-order valence-corrected chi connectivity index (χ0v) is 17.2. The number of anilines is 1. The third-order valence-corrected chi connectivity index (χ3v) is 5.68. The first kappa shape index (κ1) is 21.1. The van der Waals surface area contributed by atoms with Crippen molar-refractivity contribution in [1.29, 1.82) is 0 Å². The molecule has 4 amide bonds. The van der Waals surface area contributed by atoms with Crippen molar-refractivity contribution in [2.45, 2.75) is 76.9 Å². The fraction of sp³-hybridized carbons (Fsp3) is 0.591. The van der Waals surface area contributed by atoms with E-state index in [9.17, 15) is 14.4 Å². The van der Waals surface area contributed by atoms with Crippen LogP contribution in [-0.4, -0.2) is 41.4 Å². The van der Waals surface area contributed by atoms with E-state index < -0.39 is 12.1 Å². The quantitative estimate of drug-likeness (QED) is 0.684. The molecule has 1 saturated heterocycles. The lowest BCUT2D eigenvalue weighted by atomic mass is 9.96. The third kappa shape index (κ3) is 6.48. The van der Waals surface area contributed by atoms with Gasteiger partial charge in [-0.25, -0.2) is 4.79 Å². The fourth-order valence-corrected chi connectivity index (χ4v) is 4.01. The number of nitrogens with one attached hydrogen (secondary N) is 3. The standard InChI is InChI=1S/C22H32N4O3/c1-16(21(28)25-22(29)24-18-9-3-2-4-10-18)23-19-11-7-8-17(14-19)15-26-13-6-5-12-20(26)27/h7-8,11,14,16,18,23H,2-6,9-10,12-13,15H2,1H3,(H2,24,25,28,29). The van der Waals surface area contributed by atoms with E-state index in [1.165, 1.54) is 6.42 Å². The van der Waals surface area contributed by atoms with E-state index in [0.717, 1.165) is 56.3 Å². The molecule has 0 aromatic heterocycles. The number of carbonyl (C=O) groups is 3. The number of piperidine rings is 1. The van der Waals surface area contributed by atoms with Crippen molar-refractivity contribution < 1.29 is 14.4 Å². The maximum Gasteiger partial charge on any atom is 0.321 e. The van der Waals surface area contributed by atoms with Crippen molar-refractivity contribution >= 4 is 23.5 Å². The Bertz CT molecular complexity index is 731. The molecule has 29 heavy (non-hydrogen) atoms. The molecule has 1 saturated carbocycles. The van der Waals surface area contributed by atoms with Gasteiger partial charge in [0.2, 0.25) is 11.8 Å². The molecular weight excluding hydrogens is 368 g/mol. The minimum Gasteiger partial charge on any atom is -0.374 e. The average molecular weight is 401 g/mol. The molecule has 1 atom stereocenters. The Kier molecular flexibility index (Phi) is 7.49. The van der Waals surface area contributed by atoms with Crippen LogP contribution in [-0.2, 0) is 16.1 Å². The number of urea groups is 1. The molecule has 2 fully saturated rings. The predicted octanol–water partition coefficient (Wildman–Crippen LogP) is 3.16. The normalized spacial score (nSPS) is 18.8. The van der Waals surface area contributed by atoms with Gasteiger partial charge < -0.3 is 15.5 Å². The van der Waals surface area contributed by atoms with Crippen LogP contribution in [0.25, 0.3) is 0 Å². The van der Waals surface area contributed by atoms with Crippen molar-refractivity contribution in [3.05, 3.63) is 29.8 Å². The molecule has 1 aromatic rings. The number of hydrogen-bond acceptors (Lipinski definition) is 4. The van der Waals surface area contributed by atoms with Gasteiger partial charge in [-0.2, -0.15) is 0 Å². The molecule has 7 heteroatoms. The van der Waals surface area contributed by atoms with Gasteiger partial charge >= 0.3 is 6.03 Å². The van der Waals surface area contributed by atoms with E-state index in [1.807, 2.05) is 29.2 Å². The van der Waals surface area contributed by atoms with Crippen molar-refractivity contribution in [3.8, 4) is 0 Å². The van der Waals surface area contributed by atoms with Crippen LogP contribution in [0, 0.1) is 0 Å². The lowest BCUT2D eigenvalue weighted by Gasteiger charge is -2.27. The van der Waals surface area contributed by atoms with Crippen molar-refractivity contribution in [3.63, 3.8) is 0 Å². The lowest BCUT2D eigenvalue weighted by molar-refractivity contribution is -0.133. The number of benzene rings is 1. The Morgan fingerprint density at radius 1 is 1.14 bits per heavy atom. The van der Waals surface area contributed by atoms with E-state index in [1.54, 1.807) is 6.92 Å². The first-order valence-electron chi connectivity index (χ1n) is 10.8. The highest BCUT2D eigenvalue weighted by Crippen LogP contribution is 2.18. The Balaban J connectivity index is 1.48. The number of rotatable bonds is 6. The molecule has 2 aliphatic rings. The number of carbonyl (C=O) groups excluding carboxylic acids is 3. The SMILES string of the molecule is CC(Nc1cccc(CN2CCCCC2=O)c1)C(=O)NC(=O)NC1CCCCC1. The number of nitrogens with zero attached hydrogens (tertiary/aromatic N) is 1. The minimum atomic E-state index is -0.557. The Morgan fingerprint density at radius 3 is 2.69 bits per heavy atom. The Morgan fingerprint density at radius 2 is 1.93 bits per heavy atom. The molecule has 158 valence electrons. The molecule has 3 rings (SSSR count). The summed E-state index contributed by atoms with van der Waals surface area (Å²) in [6.45, 7) is 3.11. The molecule has 0 spiro atoms. The van der Waals surface area contributed by atoms with Crippen LogP contribution in [0.3, 0.4) is 0 Å². The molecule has 3 N–H and O–H groups in total. The number of imide groups is 1. The van der Waals surface area contributed by atoms with Crippen LogP contribution in [0.5, 0.6) is 0 Å². The van der Waals surface area contributed by atoms with Gasteiger partial charge in [0.1, 0.15) is 6.04 Å². The number of likely N-dealkylation sites (tertiary alicyclic amines) is 1. The van der Waals surface area contributed by atoms with Crippen LogP contribution in [0.15, 0.2) is 24.3 Å². The van der Waals surface area contributed by atoms with Gasteiger partial charge in [-0.05, 0) is 50.3 Å². The molecule has 1 aromatic carbocycles. The topological polar surface area (TPSA) is 90.5 Å². The van der Waals surface area contributed by atoms with Gasteiger partial charge in [-0.15, -0.1) is 0 Å². The van der Waals surface area contributed by atoms with Gasteiger partial charge in [-0.3, -0.25) is 14.9 Å². The highest BCUT2D eigenvalue weighted by molar-refractivity contribution is 5.98. The van der Waals surface area contributed by atoms with E-state index in [-0.39, 0.29) is 17.9 Å². The van der Waals surface area contributed by atoms with E-state index in [4.69, 9.17) is 0 Å². The molecule has 0 bridgehead atoms. The number of amides is 4. The molecule has 1 unspecified atom stereocenters. The summed E-state index contributed by atoms with van der Waals surface area (Å²) in [6, 6.07) is 6.91. The highest BCUT2D eigenvalue weighted by atomic mass is 16.2. The summed E-state index contributed by atoms with van der Waals surface area (Å²) < 4.78 is 0. The summed E-state index contributed by atoms with van der Waals surface area (Å²) in [6.07, 6.45) is 8.04. The molecule has 1 aliphatic heterocycles. The Hall–Kier alpha value is -2.57. The van der Waals surface area contributed by atoms with Crippen LogP contribution in [0.2, 0.25) is 0 Å². The molecule has 1 heterocycles. The zero-order chi connectivity index (χ0) is 20.6. The van der Waals surface area contributed by atoms with E-state index in [2.05, 4.69) is 16.0 Å². The second-order valence-electron chi connectivity index (χ2n) is 8.14. The van der Waals surface area contributed by atoms with Gasteiger partial charge in [0, 0.05) is 31.2 Å². The van der Waals surface area contributed by atoms with Crippen LogP contribution >= 0.6 is 0 Å². The molecular formula is C22H32N4O3. The average Bonchev–Trinajstić information content (AvgIpc) is 2.70. The first-order valence-corrected chi connectivity index (χ1v) is 10.8. The summed E-state index contributed by atoms with van der Waals surface area (Å²) >= 11 is 0. The van der Waals surface area contributed by atoms with Crippen molar-refractivity contribution in [1.82, 2.24) is 15.5 Å². The van der Waals surface area contributed by atoms with Gasteiger partial charge in [0.05, 0.1) is 0 Å².